The molecule has 26 heavy (non-hydrogen) atoms. The second-order valence-electron chi connectivity index (χ2n) is 7.18. The maximum atomic E-state index is 14.4. The molecule has 2 heterocycles. The van der Waals surface area contributed by atoms with Crippen molar-refractivity contribution >= 4 is 11.0 Å². The highest BCUT2D eigenvalue weighted by molar-refractivity contribution is 5.77. The summed E-state index contributed by atoms with van der Waals surface area (Å²) in [6, 6.07) is 14.3. The Morgan fingerprint density at radius 1 is 1.15 bits per heavy atom. The number of aromatic amines is 1. The summed E-state index contributed by atoms with van der Waals surface area (Å²) in [5.41, 5.74) is 5.57. The van der Waals surface area contributed by atoms with Gasteiger partial charge in [-0.1, -0.05) is 30.3 Å². The molecule has 1 saturated heterocycles. The third-order valence-electron chi connectivity index (χ3n) is 5.10. The zero-order valence-electron chi connectivity index (χ0n) is 15.2. The molecule has 5 heteroatoms. The van der Waals surface area contributed by atoms with Crippen LogP contribution in [0.15, 0.2) is 42.5 Å². The summed E-state index contributed by atoms with van der Waals surface area (Å²) in [5.74, 6) is 0.749. The maximum absolute atomic E-state index is 14.4. The van der Waals surface area contributed by atoms with Gasteiger partial charge in [-0.15, -0.1) is 0 Å². The molecule has 1 N–H and O–H groups in total. The Kier molecular flexibility index (Phi) is 4.74. The molecular formula is C21H24FN3O. The minimum atomic E-state index is -0.965. The number of hydrogen-bond acceptors (Lipinski definition) is 3. The van der Waals surface area contributed by atoms with Gasteiger partial charge in [-0.3, -0.25) is 4.90 Å². The standard InChI is InChI=1S/C21H24FN3O/c1-14-8-18-19(9-15(14)2)24-21(23-18)13-26-20-12-25(11-17(20)22)10-16-6-4-3-5-7-16/h3-9,17,20H,10-13H2,1-2H3,(H,23,24)/t17-,20+/m1/s1. The molecule has 3 aromatic rings. The van der Waals surface area contributed by atoms with Crippen molar-refractivity contribution in [1.82, 2.24) is 14.9 Å². The molecule has 0 bridgehead atoms. The largest absolute Gasteiger partial charge is 0.366 e. The quantitative estimate of drug-likeness (QED) is 0.756. The number of ether oxygens (including phenoxy) is 1. The molecule has 0 unspecified atom stereocenters. The number of hydrogen-bond donors (Lipinski definition) is 1. The molecule has 4 nitrogen and oxygen atoms in total. The third kappa shape index (κ3) is 3.64. The van der Waals surface area contributed by atoms with Gasteiger partial charge < -0.3 is 9.72 Å². The fourth-order valence-corrected chi connectivity index (χ4v) is 3.51. The highest BCUT2D eigenvalue weighted by Gasteiger charge is 2.33. The first-order valence-electron chi connectivity index (χ1n) is 9.06. The number of aromatic nitrogens is 2. The number of nitrogens with one attached hydrogen (secondary N) is 1. The average molecular weight is 353 g/mol. The Labute approximate surface area is 153 Å². The lowest BCUT2D eigenvalue weighted by Gasteiger charge is -2.15. The second kappa shape index (κ2) is 7.17. The number of fused-ring (bicyclic) bond motifs is 1. The van der Waals surface area contributed by atoms with E-state index >= 15 is 0 Å². The number of aryl methyl sites for hydroxylation is 2. The van der Waals surface area contributed by atoms with Crippen LogP contribution in [-0.4, -0.2) is 40.2 Å². The van der Waals surface area contributed by atoms with E-state index in [-0.39, 0.29) is 0 Å². The average Bonchev–Trinajstić information content (AvgIpc) is 3.17. The summed E-state index contributed by atoms with van der Waals surface area (Å²) >= 11 is 0. The molecule has 0 radical (unpaired) electrons. The summed E-state index contributed by atoms with van der Waals surface area (Å²) in [4.78, 5) is 9.96. The molecule has 2 atom stereocenters. The van der Waals surface area contributed by atoms with Crippen LogP contribution in [-0.2, 0) is 17.9 Å². The van der Waals surface area contributed by atoms with Gasteiger partial charge in [-0.2, -0.15) is 0 Å². The van der Waals surface area contributed by atoms with E-state index < -0.39 is 12.3 Å². The highest BCUT2D eigenvalue weighted by Crippen LogP contribution is 2.21. The highest BCUT2D eigenvalue weighted by atomic mass is 19.1. The van der Waals surface area contributed by atoms with Crippen LogP contribution < -0.4 is 0 Å². The predicted molar refractivity (Wildman–Crippen MR) is 101 cm³/mol. The van der Waals surface area contributed by atoms with Crippen molar-refractivity contribution in [3.63, 3.8) is 0 Å². The monoisotopic (exact) mass is 353 g/mol. The SMILES string of the molecule is Cc1cc2nc(CO[C@H]3CN(Cc4ccccc4)C[C@H]3F)[nH]c2cc1C. The first-order valence-corrected chi connectivity index (χ1v) is 9.06. The van der Waals surface area contributed by atoms with Crippen LogP contribution in [0.5, 0.6) is 0 Å². The fraction of sp³-hybridized carbons (Fsp3) is 0.381. The van der Waals surface area contributed by atoms with Crippen LogP contribution >= 0.6 is 0 Å². The molecule has 2 aromatic carbocycles. The number of rotatable bonds is 5. The van der Waals surface area contributed by atoms with E-state index in [2.05, 4.69) is 53.0 Å². The van der Waals surface area contributed by atoms with Gasteiger partial charge in [0.05, 0.1) is 11.0 Å². The van der Waals surface area contributed by atoms with Gasteiger partial charge in [-0.25, -0.2) is 9.37 Å². The zero-order chi connectivity index (χ0) is 18.1. The van der Waals surface area contributed by atoms with E-state index in [4.69, 9.17) is 4.74 Å². The number of imidazole rings is 1. The van der Waals surface area contributed by atoms with E-state index in [1.165, 1.54) is 16.7 Å². The normalized spacial score (nSPS) is 20.9. The molecule has 1 fully saturated rings. The van der Waals surface area contributed by atoms with Gasteiger partial charge in [0.15, 0.2) is 0 Å². The number of alkyl halides is 1. The molecule has 136 valence electrons. The molecule has 0 aliphatic carbocycles. The van der Waals surface area contributed by atoms with Gasteiger partial charge in [0.2, 0.25) is 0 Å². The van der Waals surface area contributed by atoms with Crippen molar-refractivity contribution in [2.45, 2.75) is 39.3 Å². The van der Waals surface area contributed by atoms with Crippen LogP contribution in [0.25, 0.3) is 11.0 Å². The predicted octanol–water partition coefficient (Wildman–Crippen LogP) is 3.92. The molecule has 0 spiro atoms. The van der Waals surface area contributed by atoms with Crippen LogP contribution in [0.4, 0.5) is 4.39 Å². The molecule has 0 saturated carbocycles. The molecule has 4 rings (SSSR count). The minimum absolute atomic E-state index is 0.303. The Balaban J connectivity index is 1.37. The lowest BCUT2D eigenvalue weighted by atomic mass is 10.1. The summed E-state index contributed by atoms with van der Waals surface area (Å²) in [7, 11) is 0. The van der Waals surface area contributed by atoms with Crippen LogP contribution in [0, 0.1) is 13.8 Å². The van der Waals surface area contributed by atoms with Gasteiger partial charge >= 0.3 is 0 Å². The van der Waals surface area contributed by atoms with Gasteiger partial charge in [0, 0.05) is 19.6 Å². The first kappa shape index (κ1) is 17.2. The van der Waals surface area contributed by atoms with Crippen molar-refractivity contribution in [3.05, 3.63) is 65.0 Å². The van der Waals surface area contributed by atoms with E-state index in [1.807, 2.05) is 18.2 Å². The smallest absolute Gasteiger partial charge is 0.140 e. The third-order valence-corrected chi connectivity index (χ3v) is 5.10. The molecule has 1 aromatic heterocycles. The van der Waals surface area contributed by atoms with Crippen molar-refractivity contribution in [2.75, 3.05) is 13.1 Å². The lowest BCUT2D eigenvalue weighted by molar-refractivity contribution is 0.00864. The van der Waals surface area contributed by atoms with E-state index in [1.54, 1.807) is 0 Å². The van der Waals surface area contributed by atoms with E-state index in [0.29, 0.717) is 19.7 Å². The molecule has 0 amide bonds. The van der Waals surface area contributed by atoms with Gasteiger partial charge in [-0.05, 0) is 42.7 Å². The Morgan fingerprint density at radius 3 is 2.73 bits per heavy atom. The number of benzene rings is 2. The first-order chi connectivity index (χ1) is 12.6. The summed E-state index contributed by atoms with van der Waals surface area (Å²) in [6.45, 7) is 6.24. The van der Waals surface area contributed by atoms with Crippen molar-refractivity contribution in [1.29, 1.82) is 0 Å². The van der Waals surface area contributed by atoms with E-state index in [9.17, 15) is 4.39 Å². The zero-order valence-corrected chi connectivity index (χ0v) is 15.2. The maximum Gasteiger partial charge on any atom is 0.140 e. The number of likely N-dealkylation sites (tertiary alicyclic amines) is 1. The fourth-order valence-electron chi connectivity index (χ4n) is 3.51. The summed E-state index contributed by atoms with van der Waals surface area (Å²) in [6.07, 6.45) is -1.37. The number of nitrogens with zero attached hydrogens (tertiary/aromatic N) is 2. The van der Waals surface area contributed by atoms with Crippen molar-refractivity contribution in [3.8, 4) is 0 Å². The molecule has 1 aliphatic heterocycles. The number of halogens is 1. The minimum Gasteiger partial charge on any atom is -0.366 e. The van der Waals surface area contributed by atoms with Gasteiger partial charge in [0.1, 0.15) is 24.7 Å². The Morgan fingerprint density at radius 2 is 1.92 bits per heavy atom. The van der Waals surface area contributed by atoms with Crippen molar-refractivity contribution < 1.29 is 9.13 Å². The Hall–Kier alpha value is -2.24. The van der Waals surface area contributed by atoms with Crippen molar-refractivity contribution in [2.24, 2.45) is 0 Å². The molecular weight excluding hydrogens is 329 g/mol. The van der Waals surface area contributed by atoms with Crippen LogP contribution in [0.3, 0.4) is 0 Å². The molecule has 1 aliphatic rings. The second-order valence-corrected chi connectivity index (χ2v) is 7.18. The number of H-pyrrole nitrogens is 1. The van der Waals surface area contributed by atoms with Gasteiger partial charge in [0.25, 0.3) is 0 Å². The Bertz CT molecular complexity index is 854. The summed E-state index contributed by atoms with van der Waals surface area (Å²) < 4.78 is 20.2. The lowest BCUT2D eigenvalue weighted by Crippen LogP contribution is -2.24. The topological polar surface area (TPSA) is 41.1 Å². The summed E-state index contributed by atoms with van der Waals surface area (Å²) in [5, 5.41) is 0. The van der Waals surface area contributed by atoms with Crippen LogP contribution in [0.2, 0.25) is 0 Å². The van der Waals surface area contributed by atoms with Crippen LogP contribution in [0.1, 0.15) is 22.5 Å². The van der Waals surface area contributed by atoms with E-state index in [0.717, 1.165) is 23.4 Å².